The largest absolute Gasteiger partial charge is 0.496 e. The number of fused-ring (bicyclic) bond motifs is 9. The molecule has 0 atom stereocenters. The van der Waals surface area contributed by atoms with E-state index < -0.39 is 82.1 Å². The maximum absolute atomic E-state index is 15.1. The normalized spacial score (nSPS) is 15.1. The Morgan fingerprint density at radius 1 is 0.590 bits per heavy atom. The lowest BCUT2D eigenvalue weighted by atomic mass is 9.79. The number of carbonyl (C=O) groups is 2. The summed E-state index contributed by atoms with van der Waals surface area (Å²) in [7, 11) is -15.4. The van der Waals surface area contributed by atoms with Crippen molar-refractivity contribution in [2.24, 2.45) is 0 Å². The lowest BCUT2D eigenvalue weighted by molar-refractivity contribution is -0.438. The van der Waals surface area contributed by atoms with Gasteiger partial charge >= 0.3 is 0 Å². The molecule has 1 aromatic heterocycles. The number of likely N-dealkylation sites (N-methyl/N-ethyl adjacent to an activating group) is 1. The first-order valence-electron chi connectivity index (χ1n) is 32.3. The Balaban J connectivity index is 0.744. The van der Waals surface area contributed by atoms with Crippen LogP contribution in [0.3, 0.4) is 0 Å². The summed E-state index contributed by atoms with van der Waals surface area (Å²) < 4.78 is 182. The van der Waals surface area contributed by atoms with Crippen LogP contribution in [0.1, 0.15) is 116 Å². The fraction of sp³-hybridized carbons (Fsp3) is 0.333. The molecule has 0 radical (unpaired) electrons. The molecule has 2 aliphatic rings. The van der Waals surface area contributed by atoms with E-state index in [1.165, 1.54) is 69.9 Å². The molecule has 0 unspecified atom stereocenters. The number of ether oxygens (including phenoxy) is 3. The Kier molecular flexibility index (Phi) is 21.4. The van der Waals surface area contributed by atoms with Gasteiger partial charge in [-0.25, -0.2) is 4.39 Å². The summed E-state index contributed by atoms with van der Waals surface area (Å²) in [6.07, 6.45) is 16.0. The second-order valence-corrected chi connectivity index (χ2v) is 31.3. The van der Waals surface area contributed by atoms with Gasteiger partial charge in [-0.15, -0.1) is 0 Å². The summed E-state index contributed by atoms with van der Waals surface area (Å²) in [4.78, 5) is 38.8. The zero-order valence-corrected chi connectivity index (χ0v) is 59.5. The van der Waals surface area contributed by atoms with Crippen molar-refractivity contribution >= 4 is 118 Å². The first kappa shape index (κ1) is 73.8. The van der Waals surface area contributed by atoms with Crippen molar-refractivity contribution in [3.63, 3.8) is 0 Å². The third kappa shape index (κ3) is 15.1. The standard InChI is InChI=1S/C72H77FN4O19S4/c1-9-76-53-28-26-48-50(37-46(97(81,82)83)39-60(48)99(87,88)89)68(53)71(2,3)62(76)22-16-14-17-23-63-72(4,5)69-51-38-47(98(84,85)86)40-61(100(90,91)92)49(51)27-29-54(69)77(63)33-21-15-19-24-64(79)74-32-20-13-11-10-12-18-25-65(80)75-45-35-43(34-44(73)36-45)58-42-55(78)52-41-59(95-8)66-56(93-6)30-31-57(94-7)67(66)70(52)96-58/h14,16-17,22-23,26-31,34-42H,9-13,15,18-21,24-25,32-33H2,1-8H3,(H5-,74,75,79,80,81,82,83,84,85,86,87,88,89,90,91,92)/p+1. The Bertz CT molecular complexity index is 5330. The molecule has 2 aliphatic heterocycles. The number of rotatable bonds is 28. The van der Waals surface area contributed by atoms with Gasteiger partial charge in [-0.05, 0) is 142 Å². The van der Waals surface area contributed by atoms with Crippen LogP contribution in [0, 0.1) is 5.82 Å². The molecule has 10 rings (SSSR count). The smallest absolute Gasteiger partial charge is 0.295 e. The number of methoxy groups -OCH3 is 3. The van der Waals surface area contributed by atoms with E-state index in [0.29, 0.717) is 108 Å². The summed E-state index contributed by atoms with van der Waals surface area (Å²) in [6.45, 7) is 10.7. The molecule has 0 fully saturated rings. The van der Waals surface area contributed by atoms with Crippen LogP contribution in [0.25, 0.3) is 54.6 Å². The monoisotopic (exact) mass is 1450 g/mol. The summed E-state index contributed by atoms with van der Waals surface area (Å²) in [5, 5.41) is 7.37. The zero-order valence-electron chi connectivity index (χ0n) is 56.3. The summed E-state index contributed by atoms with van der Waals surface area (Å²) >= 11 is 0. The van der Waals surface area contributed by atoms with Gasteiger partial charge in [-0.2, -0.15) is 38.2 Å². The lowest BCUT2D eigenvalue weighted by Gasteiger charge is -2.26. The number of anilines is 2. The first-order chi connectivity index (χ1) is 47.1. The summed E-state index contributed by atoms with van der Waals surface area (Å²) in [6, 6.07) is 20.2. The third-order valence-corrected chi connectivity index (χ3v) is 21.9. The van der Waals surface area contributed by atoms with Gasteiger partial charge in [0.2, 0.25) is 17.5 Å². The van der Waals surface area contributed by atoms with Gasteiger partial charge < -0.3 is 34.2 Å². The van der Waals surface area contributed by atoms with Crippen molar-refractivity contribution in [1.82, 2.24) is 5.32 Å². The van der Waals surface area contributed by atoms with E-state index in [2.05, 4.69) is 10.6 Å². The molecule has 2 amide bonds. The minimum Gasteiger partial charge on any atom is -0.496 e. The number of hydrogen-bond acceptors (Lipinski definition) is 16. The van der Waals surface area contributed by atoms with Crippen molar-refractivity contribution in [2.45, 2.75) is 136 Å². The fourth-order valence-corrected chi connectivity index (χ4v) is 16.5. The SMILES string of the molecule is CCN1/C(=C/C=C/C=C/C2=[N+](CCCCCC(=O)NCCCCCCCCC(=O)Nc3cc(F)cc(-c4cc(=O)c5cc(OC)c6c(OC)ccc(OC)c6c5o4)c3)c3ccc4c(S(=O)(=O)O)cc(S(=O)(=O)O)cc4c3C2(C)C)C(C)(C)c2c1ccc1c(S(=O)(=O)O)cc(S(=O)(=O)O)cc21. The fourth-order valence-electron chi connectivity index (χ4n) is 13.8. The molecular weight excluding hydrogens is 1370 g/mol. The van der Waals surface area contributed by atoms with Gasteiger partial charge in [0.25, 0.3) is 40.5 Å². The van der Waals surface area contributed by atoms with Crippen LogP contribution in [0.5, 0.6) is 17.2 Å². The van der Waals surface area contributed by atoms with Crippen LogP contribution < -0.4 is 35.2 Å². The molecule has 0 saturated carbocycles. The highest BCUT2D eigenvalue weighted by molar-refractivity contribution is 7.87. The van der Waals surface area contributed by atoms with Crippen LogP contribution in [0.15, 0.2) is 156 Å². The van der Waals surface area contributed by atoms with E-state index in [-0.39, 0.29) is 74.2 Å². The minimum atomic E-state index is -5.01. The van der Waals surface area contributed by atoms with E-state index >= 15 is 4.39 Å². The minimum absolute atomic E-state index is 0.0276. The number of nitrogens with zero attached hydrogens (tertiary/aromatic N) is 2. The Morgan fingerprint density at radius 3 is 1.76 bits per heavy atom. The Labute approximate surface area is 579 Å². The molecule has 100 heavy (non-hydrogen) atoms. The van der Waals surface area contributed by atoms with Crippen molar-refractivity contribution in [1.29, 1.82) is 0 Å². The molecule has 0 saturated heterocycles. The molecule has 23 nitrogen and oxygen atoms in total. The van der Waals surface area contributed by atoms with E-state index in [4.69, 9.17) is 18.6 Å². The lowest BCUT2D eigenvalue weighted by Crippen LogP contribution is -2.28. The Hall–Kier alpha value is -8.87. The number of unbranched alkanes of at least 4 members (excludes halogenated alkanes) is 7. The predicted octanol–water partition coefficient (Wildman–Crippen LogP) is 13.3. The van der Waals surface area contributed by atoms with Crippen LogP contribution in [0.2, 0.25) is 0 Å². The van der Waals surface area contributed by atoms with Crippen LogP contribution in [-0.2, 0) is 60.9 Å². The average molecular weight is 1450 g/mol. The first-order valence-corrected chi connectivity index (χ1v) is 38.1. The molecular formula is C72H78FN4O19S4+. The molecule has 7 aromatic carbocycles. The predicted molar refractivity (Wildman–Crippen MR) is 380 cm³/mol. The van der Waals surface area contributed by atoms with Gasteiger partial charge in [0.15, 0.2) is 16.7 Å². The number of carbonyl (C=O) groups excluding carboxylic acids is 2. The highest BCUT2D eigenvalue weighted by Gasteiger charge is 2.47. The molecule has 3 heterocycles. The molecule has 0 bridgehead atoms. The van der Waals surface area contributed by atoms with Crippen molar-refractivity contribution in [3.05, 3.63) is 154 Å². The van der Waals surface area contributed by atoms with Crippen molar-refractivity contribution in [3.8, 4) is 28.6 Å². The number of nitrogens with one attached hydrogen (secondary N) is 2. The van der Waals surface area contributed by atoms with Crippen LogP contribution in [0.4, 0.5) is 21.5 Å². The van der Waals surface area contributed by atoms with Crippen molar-refractivity contribution < 1.29 is 89.1 Å². The molecule has 0 aliphatic carbocycles. The maximum Gasteiger partial charge on any atom is 0.295 e. The summed E-state index contributed by atoms with van der Waals surface area (Å²) in [5.41, 5.74) is 2.12. The second kappa shape index (κ2) is 29.0. The second-order valence-electron chi connectivity index (χ2n) is 25.6. The average Bonchev–Trinajstić information content (AvgIpc) is 1.51. The van der Waals surface area contributed by atoms with E-state index in [1.807, 2.05) is 56.2 Å². The highest BCUT2D eigenvalue weighted by atomic mass is 32.2. The molecule has 8 aromatic rings. The third-order valence-electron chi connectivity index (χ3n) is 18.4. The van der Waals surface area contributed by atoms with Gasteiger partial charge in [-0.1, -0.05) is 63.8 Å². The summed E-state index contributed by atoms with van der Waals surface area (Å²) in [5.74, 6) is 0.221. The quantitative estimate of drug-likeness (QED) is 0.00872. The van der Waals surface area contributed by atoms with Crippen LogP contribution in [-0.4, -0.2) is 115 Å². The molecule has 28 heteroatoms. The zero-order chi connectivity index (χ0) is 72.6. The van der Waals surface area contributed by atoms with Gasteiger partial charge in [0, 0.05) is 94.9 Å². The number of allylic oxidation sites excluding steroid dienone is 6. The molecule has 530 valence electrons. The molecule has 6 N–H and O–H groups in total. The van der Waals surface area contributed by atoms with Crippen molar-refractivity contribution in [2.75, 3.05) is 51.2 Å². The van der Waals surface area contributed by atoms with E-state index in [1.54, 1.807) is 48.6 Å². The number of benzene rings is 7. The number of halogens is 1. The topological polar surface area (TPSA) is 340 Å². The molecule has 0 spiro atoms. The maximum atomic E-state index is 15.1. The highest BCUT2D eigenvalue weighted by Crippen LogP contribution is 2.52. The van der Waals surface area contributed by atoms with Gasteiger partial charge in [-0.3, -0.25) is 32.6 Å². The van der Waals surface area contributed by atoms with Gasteiger partial charge in [0.1, 0.15) is 45.2 Å². The van der Waals surface area contributed by atoms with Crippen LogP contribution >= 0.6 is 0 Å². The van der Waals surface area contributed by atoms with E-state index in [9.17, 15) is 66.3 Å². The number of hydrogen-bond donors (Lipinski definition) is 6. The van der Waals surface area contributed by atoms with Gasteiger partial charge in [0.05, 0.1) is 52.7 Å². The van der Waals surface area contributed by atoms with E-state index in [0.717, 1.165) is 43.5 Å². The Morgan fingerprint density at radius 2 is 1.16 bits per heavy atom. The number of amides is 2.